The van der Waals surface area contributed by atoms with Gasteiger partial charge in [0.05, 0.1) is 12.6 Å². The van der Waals surface area contributed by atoms with Gasteiger partial charge in [0, 0.05) is 13.7 Å². The average Bonchev–Trinajstić information content (AvgIpc) is 2.38. The maximum atomic E-state index is 11.8. The quantitative estimate of drug-likeness (QED) is 0.751. The van der Waals surface area contributed by atoms with E-state index in [1.54, 1.807) is 7.11 Å². The summed E-state index contributed by atoms with van der Waals surface area (Å²) in [5, 5.41) is 11.7. The van der Waals surface area contributed by atoms with Crippen molar-refractivity contribution in [3.05, 3.63) is 29.3 Å². The number of aliphatic hydroxyl groups is 1. The number of amides is 1. The van der Waals surface area contributed by atoms with Crippen LogP contribution in [0.2, 0.25) is 0 Å². The summed E-state index contributed by atoms with van der Waals surface area (Å²) >= 11 is 0. The number of rotatable bonds is 8. The molecule has 5 nitrogen and oxygen atoms in total. The number of hydrogen-bond acceptors (Lipinski definition) is 4. The summed E-state index contributed by atoms with van der Waals surface area (Å²) in [6, 6.07) is 5.62. The van der Waals surface area contributed by atoms with Crippen molar-refractivity contribution < 1.29 is 19.4 Å². The third kappa shape index (κ3) is 5.59. The molecule has 0 bridgehead atoms. The van der Waals surface area contributed by atoms with Crippen LogP contribution in [-0.4, -0.2) is 44.0 Å². The topological polar surface area (TPSA) is 67.8 Å². The second-order valence-electron chi connectivity index (χ2n) is 4.79. The third-order valence-electron chi connectivity index (χ3n) is 2.90. The highest BCUT2D eigenvalue weighted by molar-refractivity contribution is 5.77. The van der Waals surface area contributed by atoms with Gasteiger partial charge in [-0.3, -0.25) is 4.79 Å². The molecule has 1 unspecified atom stereocenters. The van der Waals surface area contributed by atoms with Crippen LogP contribution in [0.15, 0.2) is 18.2 Å². The van der Waals surface area contributed by atoms with Crippen LogP contribution in [0.1, 0.15) is 17.5 Å². The Hall–Kier alpha value is -1.59. The first kappa shape index (κ1) is 16.5. The molecule has 1 rings (SSSR count). The standard InChI is InChI=1S/C15H23NO4/c1-11-4-5-14(12(2)8-11)20-10-15(18)16-13(6-7-17)9-19-3/h4-5,8,13,17H,6-7,9-10H2,1-3H3,(H,16,18). The molecule has 0 aromatic heterocycles. The summed E-state index contributed by atoms with van der Waals surface area (Å²) < 4.78 is 10.5. The first-order chi connectivity index (χ1) is 9.56. The number of aryl methyl sites for hydroxylation is 2. The van der Waals surface area contributed by atoms with Crippen molar-refractivity contribution in [1.82, 2.24) is 5.32 Å². The summed E-state index contributed by atoms with van der Waals surface area (Å²) in [6.45, 7) is 4.28. The minimum Gasteiger partial charge on any atom is -0.484 e. The summed E-state index contributed by atoms with van der Waals surface area (Å²) in [7, 11) is 1.56. The molecular weight excluding hydrogens is 258 g/mol. The molecule has 0 radical (unpaired) electrons. The van der Waals surface area contributed by atoms with Crippen molar-refractivity contribution in [2.45, 2.75) is 26.3 Å². The first-order valence-electron chi connectivity index (χ1n) is 6.66. The Morgan fingerprint density at radius 1 is 1.40 bits per heavy atom. The molecule has 5 heteroatoms. The maximum absolute atomic E-state index is 11.8. The molecular formula is C15H23NO4. The van der Waals surface area contributed by atoms with Gasteiger partial charge in [-0.25, -0.2) is 0 Å². The van der Waals surface area contributed by atoms with Crippen LogP contribution in [0.4, 0.5) is 0 Å². The third-order valence-corrected chi connectivity index (χ3v) is 2.90. The van der Waals surface area contributed by atoms with Gasteiger partial charge in [-0.05, 0) is 31.9 Å². The van der Waals surface area contributed by atoms with Crippen LogP contribution in [-0.2, 0) is 9.53 Å². The SMILES string of the molecule is COCC(CCO)NC(=O)COc1ccc(C)cc1C. The molecule has 112 valence electrons. The van der Waals surface area contributed by atoms with Gasteiger partial charge in [-0.2, -0.15) is 0 Å². The van der Waals surface area contributed by atoms with Crippen LogP contribution in [0.5, 0.6) is 5.75 Å². The number of aliphatic hydroxyl groups excluding tert-OH is 1. The van der Waals surface area contributed by atoms with E-state index in [0.717, 1.165) is 11.1 Å². The molecule has 0 saturated heterocycles. The Balaban J connectivity index is 2.45. The van der Waals surface area contributed by atoms with E-state index < -0.39 is 0 Å². The fourth-order valence-electron chi connectivity index (χ4n) is 1.93. The normalized spacial score (nSPS) is 12.0. The lowest BCUT2D eigenvalue weighted by molar-refractivity contribution is -0.124. The minimum atomic E-state index is -0.222. The highest BCUT2D eigenvalue weighted by atomic mass is 16.5. The molecule has 0 aliphatic rings. The summed E-state index contributed by atoms with van der Waals surface area (Å²) in [5.41, 5.74) is 2.16. The number of carbonyl (C=O) groups is 1. The Morgan fingerprint density at radius 3 is 2.75 bits per heavy atom. The molecule has 1 atom stereocenters. The predicted molar refractivity (Wildman–Crippen MR) is 76.9 cm³/mol. The van der Waals surface area contributed by atoms with E-state index >= 15 is 0 Å². The number of benzene rings is 1. The van der Waals surface area contributed by atoms with E-state index in [4.69, 9.17) is 14.6 Å². The number of ether oxygens (including phenoxy) is 2. The lowest BCUT2D eigenvalue weighted by atomic mass is 10.1. The van der Waals surface area contributed by atoms with Crippen molar-refractivity contribution in [3.63, 3.8) is 0 Å². The molecule has 2 N–H and O–H groups in total. The first-order valence-corrected chi connectivity index (χ1v) is 6.66. The van der Waals surface area contributed by atoms with Crippen molar-refractivity contribution in [2.24, 2.45) is 0 Å². The van der Waals surface area contributed by atoms with Crippen molar-refractivity contribution in [1.29, 1.82) is 0 Å². The maximum Gasteiger partial charge on any atom is 0.258 e. The number of hydrogen-bond donors (Lipinski definition) is 2. The van der Waals surface area contributed by atoms with Crippen LogP contribution >= 0.6 is 0 Å². The minimum absolute atomic E-state index is 0.00618. The second-order valence-corrected chi connectivity index (χ2v) is 4.79. The van der Waals surface area contributed by atoms with Crippen LogP contribution in [0, 0.1) is 13.8 Å². The highest BCUT2D eigenvalue weighted by Gasteiger charge is 2.12. The highest BCUT2D eigenvalue weighted by Crippen LogP contribution is 2.18. The molecule has 0 heterocycles. The second kappa shape index (κ2) is 8.55. The van der Waals surface area contributed by atoms with Gasteiger partial charge in [0.1, 0.15) is 5.75 Å². The van der Waals surface area contributed by atoms with Gasteiger partial charge in [0.2, 0.25) is 0 Å². The Labute approximate surface area is 119 Å². The molecule has 0 spiro atoms. The monoisotopic (exact) mass is 281 g/mol. The van der Waals surface area contributed by atoms with E-state index in [1.807, 2.05) is 32.0 Å². The Kier molecular flexibility index (Phi) is 7.04. The lowest BCUT2D eigenvalue weighted by Crippen LogP contribution is -2.41. The van der Waals surface area contributed by atoms with E-state index in [-0.39, 0.29) is 25.2 Å². The van der Waals surface area contributed by atoms with E-state index in [1.165, 1.54) is 0 Å². The largest absolute Gasteiger partial charge is 0.484 e. The molecule has 1 aromatic carbocycles. The van der Waals surface area contributed by atoms with Gasteiger partial charge >= 0.3 is 0 Å². The molecule has 1 aromatic rings. The lowest BCUT2D eigenvalue weighted by Gasteiger charge is -2.17. The summed E-state index contributed by atoms with van der Waals surface area (Å²) in [4.78, 5) is 11.8. The molecule has 0 aliphatic carbocycles. The molecule has 0 aliphatic heterocycles. The fourth-order valence-corrected chi connectivity index (χ4v) is 1.93. The van der Waals surface area contributed by atoms with Crippen molar-refractivity contribution in [2.75, 3.05) is 26.9 Å². The number of nitrogens with one attached hydrogen (secondary N) is 1. The number of methoxy groups -OCH3 is 1. The van der Waals surface area contributed by atoms with E-state index in [2.05, 4.69) is 5.32 Å². The van der Waals surface area contributed by atoms with E-state index in [0.29, 0.717) is 18.8 Å². The fraction of sp³-hybridized carbons (Fsp3) is 0.533. The van der Waals surface area contributed by atoms with Gasteiger partial charge < -0.3 is 19.9 Å². The zero-order valence-electron chi connectivity index (χ0n) is 12.3. The van der Waals surface area contributed by atoms with Crippen LogP contribution in [0.25, 0.3) is 0 Å². The molecule has 0 fully saturated rings. The zero-order valence-corrected chi connectivity index (χ0v) is 12.3. The van der Waals surface area contributed by atoms with E-state index in [9.17, 15) is 4.79 Å². The summed E-state index contributed by atoms with van der Waals surface area (Å²) in [6.07, 6.45) is 0.461. The van der Waals surface area contributed by atoms with Crippen molar-refractivity contribution in [3.8, 4) is 5.75 Å². The van der Waals surface area contributed by atoms with Crippen LogP contribution < -0.4 is 10.1 Å². The molecule has 0 saturated carbocycles. The summed E-state index contributed by atoms with van der Waals surface area (Å²) in [5.74, 6) is 0.483. The smallest absolute Gasteiger partial charge is 0.258 e. The molecule has 20 heavy (non-hydrogen) atoms. The zero-order chi connectivity index (χ0) is 15.0. The van der Waals surface area contributed by atoms with Crippen LogP contribution in [0.3, 0.4) is 0 Å². The number of carbonyl (C=O) groups excluding carboxylic acids is 1. The van der Waals surface area contributed by atoms with Gasteiger partial charge in [-0.1, -0.05) is 17.7 Å². The average molecular weight is 281 g/mol. The van der Waals surface area contributed by atoms with Gasteiger partial charge in [0.25, 0.3) is 5.91 Å². The van der Waals surface area contributed by atoms with Gasteiger partial charge in [0.15, 0.2) is 6.61 Å². The Bertz CT molecular complexity index is 428. The van der Waals surface area contributed by atoms with Gasteiger partial charge in [-0.15, -0.1) is 0 Å². The van der Waals surface area contributed by atoms with Crippen molar-refractivity contribution >= 4 is 5.91 Å². The predicted octanol–water partition coefficient (Wildman–Crippen LogP) is 1.20. The Morgan fingerprint density at radius 2 is 2.15 bits per heavy atom. The molecule has 1 amide bonds.